The number of benzene rings is 1. The molecule has 0 bridgehead atoms. The number of halogens is 1. The van der Waals surface area contributed by atoms with Gasteiger partial charge in [0.15, 0.2) is 0 Å². The van der Waals surface area contributed by atoms with Gasteiger partial charge >= 0.3 is 5.97 Å². The molecule has 1 aromatic heterocycles. The van der Waals surface area contributed by atoms with Gasteiger partial charge in [-0.1, -0.05) is 28.1 Å². The first-order chi connectivity index (χ1) is 10.1. The molecule has 0 aliphatic carbocycles. The van der Waals surface area contributed by atoms with Crippen molar-refractivity contribution in [1.82, 2.24) is 10.3 Å². The zero-order chi connectivity index (χ0) is 15.2. The lowest BCUT2D eigenvalue weighted by molar-refractivity contribution is 0.0594. The van der Waals surface area contributed by atoms with E-state index in [-0.39, 0.29) is 11.6 Å². The maximum absolute atomic E-state index is 12.0. The van der Waals surface area contributed by atoms with Gasteiger partial charge in [-0.25, -0.2) is 9.78 Å². The van der Waals surface area contributed by atoms with E-state index < -0.39 is 5.97 Å². The zero-order valence-corrected chi connectivity index (χ0v) is 12.9. The van der Waals surface area contributed by atoms with Crippen LogP contribution >= 0.6 is 15.9 Å². The van der Waals surface area contributed by atoms with Crippen molar-refractivity contribution in [3.8, 4) is 0 Å². The van der Waals surface area contributed by atoms with E-state index >= 15 is 0 Å². The molecule has 2 aromatic rings. The minimum absolute atomic E-state index is 0.105. The fraction of sp³-hybridized carbons (Fsp3) is 0.133. The maximum Gasteiger partial charge on any atom is 0.356 e. The lowest BCUT2D eigenvalue weighted by Gasteiger charge is -2.06. The van der Waals surface area contributed by atoms with Crippen LogP contribution in [-0.4, -0.2) is 24.0 Å². The van der Waals surface area contributed by atoms with Gasteiger partial charge in [-0.3, -0.25) is 4.79 Å². The SMILES string of the molecule is COC(=O)c1cc(C(=O)NCc2ccc(Br)cc2)ccn1. The summed E-state index contributed by atoms with van der Waals surface area (Å²) < 4.78 is 5.55. The number of amides is 1. The number of methoxy groups -OCH3 is 1. The molecule has 2 rings (SSSR count). The number of nitrogens with one attached hydrogen (secondary N) is 1. The predicted octanol–water partition coefficient (Wildman–Crippen LogP) is 2.56. The Morgan fingerprint density at radius 3 is 2.62 bits per heavy atom. The standard InChI is InChI=1S/C15H13BrN2O3/c1-21-15(20)13-8-11(6-7-17-13)14(19)18-9-10-2-4-12(16)5-3-10/h2-8H,9H2,1H3,(H,18,19). The Labute approximate surface area is 130 Å². The first kappa shape index (κ1) is 15.2. The molecule has 1 aromatic carbocycles. The van der Waals surface area contributed by atoms with Crippen molar-refractivity contribution in [2.45, 2.75) is 6.54 Å². The summed E-state index contributed by atoms with van der Waals surface area (Å²) in [6.45, 7) is 0.405. The van der Waals surface area contributed by atoms with Crippen molar-refractivity contribution in [2.75, 3.05) is 7.11 Å². The Kier molecular flexibility index (Phi) is 5.05. The molecule has 0 fully saturated rings. The fourth-order valence-electron chi connectivity index (χ4n) is 1.67. The first-order valence-electron chi connectivity index (χ1n) is 6.17. The van der Waals surface area contributed by atoms with E-state index in [1.54, 1.807) is 6.07 Å². The molecule has 0 radical (unpaired) electrons. The van der Waals surface area contributed by atoms with Gasteiger partial charge in [0, 0.05) is 22.8 Å². The van der Waals surface area contributed by atoms with Crippen LogP contribution < -0.4 is 5.32 Å². The van der Waals surface area contributed by atoms with Crippen LogP contribution in [0.3, 0.4) is 0 Å². The van der Waals surface area contributed by atoms with Crippen molar-refractivity contribution in [3.05, 3.63) is 63.9 Å². The molecule has 1 heterocycles. The average molecular weight is 349 g/mol. The summed E-state index contributed by atoms with van der Waals surface area (Å²) in [5.74, 6) is -0.844. The van der Waals surface area contributed by atoms with Crippen molar-refractivity contribution in [2.24, 2.45) is 0 Å². The number of ether oxygens (including phenoxy) is 1. The summed E-state index contributed by atoms with van der Waals surface area (Å²) in [5.41, 5.74) is 1.45. The number of carbonyl (C=O) groups is 2. The highest BCUT2D eigenvalue weighted by molar-refractivity contribution is 9.10. The number of hydrogen-bond donors (Lipinski definition) is 1. The molecule has 0 saturated carbocycles. The van der Waals surface area contributed by atoms with E-state index in [9.17, 15) is 9.59 Å². The Balaban J connectivity index is 2.03. The molecule has 0 spiro atoms. The predicted molar refractivity (Wildman–Crippen MR) is 80.9 cm³/mol. The van der Waals surface area contributed by atoms with Gasteiger partial charge in [0.1, 0.15) is 5.69 Å². The molecular weight excluding hydrogens is 336 g/mol. The van der Waals surface area contributed by atoms with Crippen LogP contribution in [0.15, 0.2) is 47.1 Å². The number of nitrogens with zero attached hydrogens (tertiary/aromatic N) is 1. The number of carbonyl (C=O) groups excluding carboxylic acids is 2. The number of aromatic nitrogens is 1. The summed E-state index contributed by atoms with van der Waals surface area (Å²) in [6, 6.07) is 10.6. The molecule has 0 saturated heterocycles. The van der Waals surface area contributed by atoms with Crippen molar-refractivity contribution >= 4 is 27.8 Å². The molecule has 21 heavy (non-hydrogen) atoms. The normalized spacial score (nSPS) is 10.0. The van der Waals surface area contributed by atoms with Crippen LogP contribution in [-0.2, 0) is 11.3 Å². The van der Waals surface area contributed by atoms with Crippen LogP contribution in [0.2, 0.25) is 0 Å². The van der Waals surface area contributed by atoms with Gasteiger partial charge in [-0.2, -0.15) is 0 Å². The second-order valence-corrected chi connectivity index (χ2v) is 5.15. The van der Waals surface area contributed by atoms with Crippen LogP contribution in [0, 0.1) is 0 Å². The van der Waals surface area contributed by atoms with Crippen LogP contribution in [0.1, 0.15) is 26.4 Å². The molecule has 6 heteroatoms. The summed E-state index contributed by atoms with van der Waals surface area (Å²) >= 11 is 3.35. The summed E-state index contributed by atoms with van der Waals surface area (Å²) in [4.78, 5) is 27.3. The van der Waals surface area contributed by atoms with E-state index in [1.807, 2.05) is 24.3 Å². The Hall–Kier alpha value is -2.21. The van der Waals surface area contributed by atoms with Gasteiger partial charge in [0.25, 0.3) is 5.91 Å². The largest absolute Gasteiger partial charge is 0.464 e. The number of pyridine rings is 1. The smallest absolute Gasteiger partial charge is 0.356 e. The lowest BCUT2D eigenvalue weighted by atomic mass is 10.2. The summed E-state index contributed by atoms with van der Waals surface area (Å²) in [5, 5.41) is 2.78. The maximum atomic E-state index is 12.0. The lowest BCUT2D eigenvalue weighted by Crippen LogP contribution is -2.23. The fourth-order valence-corrected chi connectivity index (χ4v) is 1.94. The Morgan fingerprint density at radius 2 is 1.95 bits per heavy atom. The highest BCUT2D eigenvalue weighted by Gasteiger charge is 2.11. The quantitative estimate of drug-likeness (QED) is 0.862. The Morgan fingerprint density at radius 1 is 1.24 bits per heavy atom. The van der Waals surface area contributed by atoms with E-state index in [0.29, 0.717) is 12.1 Å². The minimum atomic E-state index is -0.572. The molecule has 108 valence electrons. The number of rotatable bonds is 4. The van der Waals surface area contributed by atoms with Crippen molar-refractivity contribution < 1.29 is 14.3 Å². The monoisotopic (exact) mass is 348 g/mol. The van der Waals surface area contributed by atoms with E-state index in [2.05, 4.69) is 31.0 Å². The number of esters is 1. The van der Waals surface area contributed by atoms with Gasteiger partial charge in [0.05, 0.1) is 7.11 Å². The van der Waals surface area contributed by atoms with Crippen LogP contribution in [0.25, 0.3) is 0 Å². The summed E-state index contributed by atoms with van der Waals surface area (Å²) in [6.07, 6.45) is 1.40. The molecule has 0 atom stereocenters. The van der Waals surface area contributed by atoms with Gasteiger partial charge in [-0.15, -0.1) is 0 Å². The highest BCUT2D eigenvalue weighted by atomic mass is 79.9. The Bertz CT molecular complexity index is 656. The van der Waals surface area contributed by atoms with Gasteiger partial charge in [0.2, 0.25) is 0 Å². The molecular formula is C15H13BrN2O3. The van der Waals surface area contributed by atoms with Crippen molar-refractivity contribution in [1.29, 1.82) is 0 Å². The third kappa shape index (κ3) is 4.13. The molecule has 1 amide bonds. The van der Waals surface area contributed by atoms with E-state index in [1.165, 1.54) is 19.4 Å². The van der Waals surface area contributed by atoms with Gasteiger partial charge in [-0.05, 0) is 29.8 Å². The second-order valence-electron chi connectivity index (χ2n) is 4.23. The third-order valence-corrected chi connectivity index (χ3v) is 3.31. The van der Waals surface area contributed by atoms with Crippen molar-refractivity contribution in [3.63, 3.8) is 0 Å². The second kappa shape index (κ2) is 6.99. The van der Waals surface area contributed by atoms with Gasteiger partial charge < -0.3 is 10.1 Å². The molecule has 0 unspecified atom stereocenters. The highest BCUT2D eigenvalue weighted by Crippen LogP contribution is 2.10. The molecule has 1 N–H and O–H groups in total. The zero-order valence-electron chi connectivity index (χ0n) is 11.3. The van der Waals surface area contributed by atoms with Crippen LogP contribution in [0.5, 0.6) is 0 Å². The first-order valence-corrected chi connectivity index (χ1v) is 6.96. The molecule has 5 nitrogen and oxygen atoms in total. The summed E-state index contributed by atoms with van der Waals surface area (Å²) in [7, 11) is 1.27. The topological polar surface area (TPSA) is 68.3 Å². The molecule has 0 aliphatic heterocycles. The number of hydrogen-bond acceptors (Lipinski definition) is 4. The van der Waals surface area contributed by atoms with Crippen LogP contribution in [0.4, 0.5) is 0 Å². The van der Waals surface area contributed by atoms with E-state index in [0.717, 1.165) is 10.0 Å². The third-order valence-electron chi connectivity index (χ3n) is 2.78. The molecule has 0 aliphatic rings. The minimum Gasteiger partial charge on any atom is -0.464 e. The average Bonchev–Trinajstić information content (AvgIpc) is 2.53. The van der Waals surface area contributed by atoms with E-state index in [4.69, 9.17) is 0 Å².